The summed E-state index contributed by atoms with van der Waals surface area (Å²) in [5.74, 6) is -0.352. The summed E-state index contributed by atoms with van der Waals surface area (Å²) in [5, 5.41) is 5.74. The predicted molar refractivity (Wildman–Crippen MR) is 102 cm³/mol. The fourth-order valence-corrected chi connectivity index (χ4v) is 4.09. The maximum atomic E-state index is 12.5. The SMILES string of the molecule is O=C1OCC2=C1C(c1ccc(Br)cc1)c1c(ccc3ccccc13)N2. The third-order valence-corrected chi connectivity index (χ3v) is 5.46. The summed E-state index contributed by atoms with van der Waals surface area (Å²) in [6.07, 6.45) is 0. The van der Waals surface area contributed by atoms with Crippen molar-refractivity contribution in [2.75, 3.05) is 11.9 Å². The first-order valence-electron chi connectivity index (χ1n) is 8.16. The van der Waals surface area contributed by atoms with E-state index >= 15 is 0 Å². The van der Waals surface area contributed by atoms with Crippen LogP contribution in [0, 0.1) is 0 Å². The van der Waals surface area contributed by atoms with E-state index in [4.69, 9.17) is 4.74 Å². The summed E-state index contributed by atoms with van der Waals surface area (Å²) in [4.78, 5) is 12.5. The molecule has 3 aromatic rings. The van der Waals surface area contributed by atoms with Crippen LogP contribution in [0.1, 0.15) is 17.0 Å². The molecule has 0 aromatic heterocycles. The first-order valence-corrected chi connectivity index (χ1v) is 8.96. The van der Waals surface area contributed by atoms with Crippen LogP contribution in [0.4, 0.5) is 5.69 Å². The molecule has 2 aliphatic heterocycles. The zero-order valence-electron chi connectivity index (χ0n) is 13.3. The molecule has 0 saturated carbocycles. The molecule has 1 atom stereocenters. The molecular formula is C21H14BrNO2. The molecule has 0 fully saturated rings. The Labute approximate surface area is 153 Å². The Morgan fingerprint density at radius 2 is 1.80 bits per heavy atom. The highest BCUT2D eigenvalue weighted by atomic mass is 79.9. The van der Waals surface area contributed by atoms with E-state index in [1.807, 2.05) is 24.3 Å². The number of fused-ring (bicyclic) bond motifs is 3. The van der Waals surface area contributed by atoms with Gasteiger partial charge in [0.15, 0.2) is 0 Å². The van der Waals surface area contributed by atoms with Crippen molar-refractivity contribution < 1.29 is 9.53 Å². The maximum Gasteiger partial charge on any atom is 0.337 e. The molecular weight excluding hydrogens is 378 g/mol. The number of halogens is 1. The molecule has 122 valence electrons. The lowest BCUT2D eigenvalue weighted by Crippen LogP contribution is -2.20. The van der Waals surface area contributed by atoms with Crippen LogP contribution < -0.4 is 5.32 Å². The van der Waals surface area contributed by atoms with Gasteiger partial charge in [-0.15, -0.1) is 0 Å². The summed E-state index contributed by atoms with van der Waals surface area (Å²) < 4.78 is 6.35. The average molecular weight is 392 g/mol. The van der Waals surface area contributed by atoms with E-state index in [0.29, 0.717) is 6.61 Å². The van der Waals surface area contributed by atoms with Crippen molar-refractivity contribution in [3.8, 4) is 0 Å². The number of hydrogen-bond donors (Lipinski definition) is 1. The zero-order chi connectivity index (χ0) is 17.0. The summed E-state index contributed by atoms with van der Waals surface area (Å²) in [5.41, 5.74) is 4.88. The average Bonchev–Trinajstić information content (AvgIpc) is 3.01. The number of anilines is 1. The van der Waals surface area contributed by atoms with Gasteiger partial charge in [0, 0.05) is 16.1 Å². The number of carbonyl (C=O) groups excluding carboxylic acids is 1. The van der Waals surface area contributed by atoms with Crippen LogP contribution in [0.3, 0.4) is 0 Å². The number of carbonyl (C=O) groups is 1. The molecule has 0 bridgehead atoms. The quantitative estimate of drug-likeness (QED) is 0.595. The standard InChI is InChI=1S/C21H14BrNO2/c22-14-8-5-13(6-9-14)18-19-15-4-2-1-3-12(15)7-10-16(19)23-17-11-25-21(24)20(17)18/h1-10,18,23H,11H2. The second-order valence-electron chi connectivity index (χ2n) is 6.33. The molecule has 2 heterocycles. The van der Waals surface area contributed by atoms with Gasteiger partial charge >= 0.3 is 5.97 Å². The summed E-state index contributed by atoms with van der Waals surface area (Å²) in [6, 6.07) is 20.7. The second-order valence-corrected chi connectivity index (χ2v) is 7.24. The van der Waals surface area contributed by atoms with Crippen molar-refractivity contribution in [1.82, 2.24) is 0 Å². The molecule has 0 amide bonds. The van der Waals surface area contributed by atoms with Crippen molar-refractivity contribution in [3.05, 3.63) is 87.5 Å². The van der Waals surface area contributed by atoms with Gasteiger partial charge in [0.1, 0.15) is 6.61 Å². The minimum atomic E-state index is -0.228. The summed E-state index contributed by atoms with van der Waals surface area (Å²) in [7, 11) is 0. The van der Waals surface area contributed by atoms with Crippen LogP contribution >= 0.6 is 15.9 Å². The molecule has 0 radical (unpaired) electrons. The van der Waals surface area contributed by atoms with Crippen molar-refractivity contribution >= 4 is 38.4 Å². The molecule has 4 heteroatoms. The third-order valence-electron chi connectivity index (χ3n) is 4.93. The van der Waals surface area contributed by atoms with Crippen molar-refractivity contribution in [2.45, 2.75) is 5.92 Å². The fourth-order valence-electron chi connectivity index (χ4n) is 3.82. The minimum Gasteiger partial charge on any atom is -0.456 e. The van der Waals surface area contributed by atoms with Gasteiger partial charge in [0.25, 0.3) is 0 Å². The molecule has 0 saturated heterocycles. The Hall–Kier alpha value is -2.59. The first kappa shape index (κ1) is 14.7. The van der Waals surface area contributed by atoms with Gasteiger partial charge in [-0.1, -0.05) is 58.4 Å². The second kappa shape index (κ2) is 5.46. The predicted octanol–water partition coefficient (Wildman–Crippen LogP) is 4.97. The largest absolute Gasteiger partial charge is 0.456 e. The molecule has 1 unspecified atom stereocenters. The van der Waals surface area contributed by atoms with Crippen LogP contribution in [0.2, 0.25) is 0 Å². The van der Waals surface area contributed by atoms with Crippen LogP contribution in [-0.4, -0.2) is 12.6 Å². The Bertz CT molecular complexity index is 1050. The number of ether oxygens (including phenoxy) is 1. The Morgan fingerprint density at radius 1 is 1.00 bits per heavy atom. The van der Waals surface area contributed by atoms with Gasteiger partial charge in [0.2, 0.25) is 0 Å². The number of esters is 1. The Kier molecular flexibility index (Phi) is 3.22. The molecule has 0 spiro atoms. The molecule has 0 aliphatic carbocycles. The highest BCUT2D eigenvalue weighted by Crippen LogP contribution is 2.47. The highest BCUT2D eigenvalue weighted by molar-refractivity contribution is 9.10. The minimum absolute atomic E-state index is 0.125. The molecule has 3 aromatic carbocycles. The smallest absolute Gasteiger partial charge is 0.337 e. The van der Waals surface area contributed by atoms with Crippen LogP contribution in [0.5, 0.6) is 0 Å². The van der Waals surface area contributed by atoms with E-state index in [0.717, 1.165) is 37.9 Å². The van der Waals surface area contributed by atoms with Crippen molar-refractivity contribution in [1.29, 1.82) is 0 Å². The summed E-state index contributed by atoms with van der Waals surface area (Å²) in [6.45, 7) is 0.313. The molecule has 3 nitrogen and oxygen atoms in total. The van der Waals surface area contributed by atoms with Crippen molar-refractivity contribution in [3.63, 3.8) is 0 Å². The van der Waals surface area contributed by atoms with E-state index in [2.05, 4.69) is 57.6 Å². The number of hydrogen-bond acceptors (Lipinski definition) is 3. The molecule has 5 rings (SSSR count). The van der Waals surface area contributed by atoms with Crippen LogP contribution in [0.25, 0.3) is 10.8 Å². The zero-order valence-corrected chi connectivity index (χ0v) is 14.8. The number of rotatable bonds is 1. The Balaban J connectivity index is 1.83. The van der Waals surface area contributed by atoms with Gasteiger partial charge in [-0.05, 0) is 40.1 Å². The lowest BCUT2D eigenvalue weighted by Gasteiger charge is -2.28. The highest BCUT2D eigenvalue weighted by Gasteiger charge is 2.39. The van der Waals surface area contributed by atoms with E-state index in [-0.39, 0.29) is 11.9 Å². The normalized spacial score (nSPS) is 18.6. The molecule has 25 heavy (non-hydrogen) atoms. The Morgan fingerprint density at radius 3 is 2.64 bits per heavy atom. The van der Waals surface area contributed by atoms with E-state index in [9.17, 15) is 4.79 Å². The van der Waals surface area contributed by atoms with Gasteiger partial charge < -0.3 is 10.1 Å². The number of cyclic esters (lactones) is 1. The van der Waals surface area contributed by atoms with E-state index < -0.39 is 0 Å². The lowest BCUT2D eigenvalue weighted by molar-refractivity contribution is -0.136. The van der Waals surface area contributed by atoms with Crippen molar-refractivity contribution in [2.24, 2.45) is 0 Å². The summed E-state index contributed by atoms with van der Waals surface area (Å²) >= 11 is 3.49. The van der Waals surface area contributed by atoms with Crippen LogP contribution in [-0.2, 0) is 9.53 Å². The topological polar surface area (TPSA) is 38.3 Å². The van der Waals surface area contributed by atoms with Crippen LogP contribution in [0.15, 0.2) is 76.4 Å². The van der Waals surface area contributed by atoms with Gasteiger partial charge in [-0.2, -0.15) is 0 Å². The fraction of sp³-hybridized carbons (Fsp3) is 0.0952. The van der Waals surface area contributed by atoms with E-state index in [1.165, 1.54) is 5.39 Å². The molecule has 1 N–H and O–H groups in total. The van der Waals surface area contributed by atoms with Gasteiger partial charge in [-0.25, -0.2) is 4.79 Å². The van der Waals surface area contributed by atoms with Gasteiger partial charge in [-0.3, -0.25) is 0 Å². The van der Waals surface area contributed by atoms with E-state index in [1.54, 1.807) is 0 Å². The first-order chi connectivity index (χ1) is 12.2. The van der Waals surface area contributed by atoms with Gasteiger partial charge in [0.05, 0.1) is 11.3 Å². The third kappa shape index (κ3) is 2.21. The number of nitrogens with one attached hydrogen (secondary N) is 1. The number of benzene rings is 3. The monoisotopic (exact) mass is 391 g/mol. The maximum absolute atomic E-state index is 12.5. The lowest BCUT2D eigenvalue weighted by atomic mass is 9.79. The molecule has 2 aliphatic rings.